The third kappa shape index (κ3) is 1.19. The molecule has 1 aliphatic rings. The van der Waals surface area contributed by atoms with E-state index in [0.717, 1.165) is 30.5 Å². The Morgan fingerprint density at radius 2 is 2.31 bits per heavy atom. The lowest BCUT2D eigenvalue weighted by atomic mass is 10.2. The Kier molecular flexibility index (Phi) is 2.03. The van der Waals surface area contributed by atoms with Crippen molar-refractivity contribution < 1.29 is 0 Å². The highest BCUT2D eigenvalue weighted by Gasteiger charge is 2.20. The lowest BCUT2D eigenvalue weighted by molar-refractivity contribution is 0.828. The maximum atomic E-state index is 12.2. The molecule has 0 radical (unpaired) electrons. The van der Waals surface area contributed by atoms with Crippen LogP contribution in [0, 0.1) is 0 Å². The summed E-state index contributed by atoms with van der Waals surface area (Å²) in [5.41, 5.74) is 7.28. The van der Waals surface area contributed by atoms with Crippen molar-refractivity contribution in [2.24, 2.45) is 5.73 Å². The molecule has 6 nitrogen and oxygen atoms in total. The highest BCUT2D eigenvalue weighted by molar-refractivity contribution is 5.35. The van der Waals surface area contributed by atoms with Gasteiger partial charge in [0, 0.05) is 12.0 Å². The van der Waals surface area contributed by atoms with Gasteiger partial charge in [0.2, 0.25) is 5.78 Å². The second-order valence-corrected chi connectivity index (χ2v) is 4.03. The first-order valence-electron chi connectivity index (χ1n) is 5.49. The average molecular weight is 219 g/mol. The van der Waals surface area contributed by atoms with Crippen LogP contribution in [0.3, 0.4) is 0 Å². The first-order chi connectivity index (χ1) is 7.81. The van der Waals surface area contributed by atoms with Crippen molar-refractivity contribution >= 4 is 5.78 Å². The van der Waals surface area contributed by atoms with Crippen LogP contribution >= 0.6 is 0 Å². The van der Waals surface area contributed by atoms with Gasteiger partial charge >= 0.3 is 0 Å². The summed E-state index contributed by atoms with van der Waals surface area (Å²) in [5, 5.41) is 6.87. The van der Waals surface area contributed by atoms with Crippen molar-refractivity contribution in [1.29, 1.82) is 0 Å². The number of nitrogens with two attached hydrogens (primary N) is 1. The van der Waals surface area contributed by atoms with Gasteiger partial charge in [0.25, 0.3) is 5.56 Å². The average Bonchev–Trinajstić information content (AvgIpc) is 2.86. The molecule has 6 heteroatoms. The molecule has 0 amide bonds. The predicted octanol–water partition coefficient (Wildman–Crippen LogP) is -0.593. The van der Waals surface area contributed by atoms with E-state index >= 15 is 0 Å². The topological polar surface area (TPSA) is 89.1 Å². The van der Waals surface area contributed by atoms with E-state index in [2.05, 4.69) is 15.2 Å². The second kappa shape index (κ2) is 3.41. The van der Waals surface area contributed by atoms with Gasteiger partial charge in [-0.3, -0.25) is 4.79 Å². The summed E-state index contributed by atoms with van der Waals surface area (Å²) >= 11 is 0. The summed E-state index contributed by atoms with van der Waals surface area (Å²) in [4.78, 5) is 16.6. The zero-order valence-corrected chi connectivity index (χ0v) is 8.86. The zero-order valence-electron chi connectivity index (χ0n) is 8.86. The predicted molar refractivity (Wildman–Crippen MR) is 58.4 cm³/mol. The monoisotopic (exact) mass is 219 g/mol. The van der Waals surface area contributed by atoms with E-state index in [1.807, 2.05) is 0 Å². The Bertz CT molecular complexity index is 597. The standard InChI is InChI=1S/C10H13N5O/c11-5-4-8-13-14-10-12-7-3-1-2-6(7)9(16)15(8)10/h1-5,11H2,(H,12,14). The number of nitrogens with zero attached hydrogens (tertiary/aromatic N) is 3. The Morgan fingerprint density at radius 3 is 3.12 bits per heavy atom. The van der Waals surface area contributed by atoms with Crippen LogP contribution in [0.15, 0.2) is 4.79 Å². The fraction of sp³-hybridized carbons (Fsp3) is 0.500. The lowest BCUT2D eigenvalue weighted by Crippen LogP contribution is -2.22. The molecule has 0 atom stereocenters. The summed E-state index contributed by atoms with van der Waals surface area (Å²) in [6.45, 7) is 0.476. The molecule has 0 spiro atoms. The third-order valence-corrected chi connectivity index (χ3v) is 3.01. The van der Waals surface area contributed by atoms with Gasteiger partial charge in [-0.05, 0) is 25.8 Å². The number of fused-ring (bicyclic) bond motifs is 2. The molecular formula is C10H13N5O. The van der Waals surface area contributed by atoms with Crippen molar-refractivity contribution in [1.82, 2.24) is 19.6 Å². The van der Waals surface area contributed by atoms with Gasteiger partial charge < -0.3 is 5.73 Å². The summed E-state index contributed by atoms with van der Waals surface area (Å²) in [6.07, 6.45) is 3.33. The number of rotatable bonds is 2. The van der Waals surface area contributed by atoms with E-state index in [-0.39, 0.29) is 5.56 Å². The minimum atomic E-state index is 0.0229. The molecule has 0 aliphatic heterocycles. The lowest BCUT2D eigenvalue weighted by Gasteiger charge is -2.00. The maximum absolute atomic E-state index is 12.2. The Morgan fingerprint density at radius 1 is 1.44 bits per heavy atom. The smallest absolute Gasteiger partial charge is 0.264 e. The number of hydrogen-bond donors (Lipinski definition) is 2. The highest BCUT2D eigenvalue weighted by atomic mass is 16.1. The van der Waals surface area contributed by atoms with Crippen LogP contribution < -0.4 is 11.3 Å². The third-order valence-electron chi connectivity index (χ3n) is 3.01. The molecule has 84 valence electrons. The van der Waals surface area contributed by atoms with Crippen LogP contribution in [-0.4, -0.2) is 26.1 Å². The van der Waals surface area contributed by atoms with E-state index in [0.29, 0.717) is 24.6 Å². The molecule has 0 fully saturated rings. The molecule has 2 heterocycles. The van der Waals surface area contributed by atoms with Gasteiger partial charge in [-0.15, -0.1) is 0 Å². The first kappa shape index (κ1) is 9.53. The molecule has 0 saturated heterocycles. The van der Waals surface area contributed by atoms with E-state index in [1.54, 1.807) is 4.40 Å². The van der Waals surface area contributed by atoms with E-state index < -0.39 is 0 Å². The second-order valence-electron chi connectivity index (χ2n) is 4.03. The van der Waals surface area contributed by atoms with Gasteiger partial charge in [0.15, 0.2) is 0 Å². The molecular weight excluding hydrogens is 206 g/mol. The van der Waals surface area contributed by atoms with Crippen LogP contribution in [0.2, 0.25) is 0 Å². The van der Waals surface area contributed by atoms with Crippen LogP contribution in [0.25, 0.3) is 5.78 Å². The molecule has 3 rings (SSSR count). The first-order valence-corrected chi connectivity index (χ1v) is 5.49. The normalized spacial score (nSPS) is 14.6. The van der Waals surface area contributed by atoms with Crippen LogP contribution in [0.1, 0.15) is 23.5 Å². The summed E-state index contributed by atoms with van der Waals surface area (Å²) in [6, 6.07) is 0. The Labute approximate surface area is 91.5 Å². The fourth-order valence-corrected chi connectivity index (χ4v) is 2.27. The molecule has 0 saturated carbocycles. The summed E-state index contributed by atoms with van der Waals surface area (Å²) in [5.74, 6) is 1.21. The van der Waals surface area contributed by atoms with Crippen molar-refractivity contribution in [3.63, 3.8) is 0 Å². The Hall–Kier alpha value is -1.69. The molecule has 16 heavy (non-hydrogen) atoms. The number of aromatic nitrogens is 4. The largest absolute Gasteiger partial charge is 0.330 e. The number of hydrogen-bond acceptors (Lipinski definition) is 4. The highest BCUT2D eigenvalue weighted by Crippen LogP contribution is 2.16. The van der Waals surface area contributed by atoms with E-state index in [4.69, 9.17) is 5.73 Å². The van der Waals surface area contributed by atoms with Crippen LogP contribution in [0.5, 0.6) is 0 Å². The molecule has 0 bridgehead atoms. The van der Waals surface area contributed by atoms with Gasteiger partial charge in [0.05, 0.1) is 5.69 Å². The van der Waals surface area contributed by atoms with Crippen molar-refractivity contribution in [3.8, 4) is 0 Å². The maximum Gasteiger partial charge on any atom is 0.264 e. The number of H-pyrrole nitrogens is 1. The van der Waals surface area contributed by atoms with Crippen molar-refractivity contribution in [3.05, 3.63) is 27.4 Å². The molecule has 2 aromatic rings. The van der Waals surface area contributed by atoms with Crippen molar-refractivity contribution in [2.45, 2.75) is 25.7 Å². The quantitative estimate of drug-likeness (QED) is 0.706. The minimum absolute atomic E-state index is 0.0229. The Balaban J connectivity index is 2.32. The van der Waals surface area contributed by atoms with E-state index in [9.17, 15) is 4.79 Å². The van der Waals surface area contributed by atoms with Gasteiger partial charge in [0.1, 0.15) is 5.82 Å². The molecule has 0 aromatic carbocycles. The number of nitrogens with one attached hydrogen (secondary N) is 1. The molecule has 2 aromatic heterocycles. The van der Waals surface area contributed by atoms with Gasteiger partial charge in [-0.1, -0.05) is 0 Å². The minimum Gasteiger partial charge on any atom is -0.330 e. The summed E-state index contributed by atoms with van der Waals surface area (Å²) < 4.78 is 1.55. The van der Waals surface area contributed by atoms with E-state index in [1.165, 1.54) is 0 Å². The van der Waals surface area contributed by atoms with Gasteiger partial charge in [-0.2, -0.15) is 5.10 Å². The van der Waals surface area contributed by atoms with Crippen LogP contribution in [0.4, 0.5) is 0 Å². The van der Waals surface area contributed by atoms with Gasteiger partial charge in [-0.25, -0.2) is 14.5 Å². The zero-order chi connectivity index (χ0) is 11.1. The van der Waals surface area contributed by atoms with Crippen LogP contribution in [-0.2, 0) is 19.3 Å². The fourth-order valence-electron chi connectivity index (χ4n) is 2.27. The SMILES string of the molecule is NCCc1n[nH]c2nc3c(c(=O)n12)CCC3. The molecule has 1 aliphatic carbocycles. The number of aromatic amines is 1. The van der Waals surface area contributed by atoms with Crippen molar-refractivity contribution in [2.75, 3.05) is 6.54 Å². The molecule has 3 N–H and O–H groups in total. The number of aryl methyl sites for hydroxylation is 1. The molecule has 0 unspecified atom stereocenters. The summed E-state index contributed by atoms with van der Waals surface area (Å²) in [7, 11) is 0.